The van der Waals surface area contributed by atoms with Crippen molar-refractivity contribution in [3.8, 4) is 0 Å². The summed E-state index contributed by atoms with van der Waals surface area (Å²) >= 11 is 0. The van der Waals surface area contributed by atoms with Gasteiger partial charge >= 0.3 is 0 Å². The monoisotopic (exact) mass is 279 g/mol. The number of hydrogen-bond donors (Lipinski definition) is 2. The third kappa shape index (κ3) is 3.79. The van der Waals surface area contributed by atoms with Gasteiger partial charge in [0.2, 0.25) is 0 Å². The SMILES string of the molecule is COCCC(C)(O)CNC(=O)c1ccc2c(c1)COC2. The zero-order chi connectivity index (χ0) is 14.6. The number of carbonyl (C=O) groups excluding carboxylic acids is 1. The van der Waals surface area contributed by atoms with E-state index in [0.717, 1.165) is 11.1 Å². The van der Waals surface area contributed by atoms with E-state index in [0.29, 0.717) is 31.8 Å². The maximum atomic E-state index is 12.1. The molecule has 1 aliphatic heterocycles. The second-order valence-corrected chi connectivity index (χ2v) is 5.40. The number of carbonyl (C=O) groups is 1. The lowest BCUT2D eigenvalue weighted by molar-refractivity contribution is 0.0243. The molecule has 0 saturated heterocycles. The van der Waals surface area contributed by atoms with E-state index in [-0.39, 0.29) is 12.5 Å². The van der Waals surface area contributed by atoms with Gasteiger partial charge in [0.15, 0.2) is 0 Å². The van der Waals surface area contributed by atoms with Crippen molar-refractivity contribution in [2.45, 2.75) is 32.2 Å². The summed E-state index contributed by atoms with van der Waals surface area (Å²) in [6.07, 6.45) is 0.474. The molecule has 0 aliphatic carbocycles. The topological polar surface area (TPSA) is 67.8 Å². The molecule has 110 valence electrons. The summed E-state index contributed by atoms with van der Waals surface area (Å²) in [6, 6.07) is 5.55. The van der Waals surface area contributed by atoms with Crippen LogP contribution in [0.2, 0.25) is 0 Å². The number of benzene rings is 1. The molecule has 1 amide bonds. The third-order valence-electron chi connectivity index (χ3n) is 3.46. The normalized spacial score (nSPS) is 16.6. The highest BCUT2D eigenvalue weighted by Crippen LogP contribution is 2.20. The second-order valence-electron chi connectivity index (χ2n) is 5.40. The Kier molecular flexibility index (Phi) is 4.75. The van der Waals surface area contributed by atoms with Crippen LogP contribution in [0.5, 0.6) is 0 Å². The average Bonchev–Trinajstić information content (AvgIpc) is 2.90. The minimum Gasteiger partial charge on any atom is -0.388 e. The Morgan fingerprint density at radius 2 is 2.20 bits per heavy atom. The van der Waals surface area contributed by atoms with E-state index in [4.69, 9.17) is 9.47 Å². The van der Waals surface area contributed by atoms with E-state index in [1.165, 1.54) is 0 Å². The molecule has 5 heteroatoms. The van der Waals surface area contributed by atoms with E-state index in [9.17, 15) is 9.90 Å². The fraction of sp³-hybridized carbons (Fsp3) is 0.533. The molecule has 0 radical (unpaired) electrons. The van der Waals surface area contributed by atoms with Crippen molar-refractivity contribution in [2.75, 3.05) is 20.3 Å². The third-order valence-corrected chi connectivity index (χ3v) is 3.46. The second kappa shape index (κ2) is 6.35. The number of ether oxygens (including phenoxy) is 2. The summed E-state index contributed by atoms with van der Waals surface area (Å²) < 4.78 is 10.3. The molecule has 0 aromatic heterocycles. The standard InChI is InChI=1S/C15H21NO4/c1-15(18,5-6-19-2)10-16-14(17)11-3-4-12-8-20-9-13(12)7-11/h3-4,7,18H,5-6,8-10H2,1-2H3,(H,16,17). The predicted molar refractivity (Wildman–Crippen MR) is 74.4 cm³/mol. The molecule has 0 saturated carbocycles. The first-order chi connectivity index (χ1) is 9.52. The van der Waals surface area contributed by atoms with Gasteiger partial charge in [-0.3, -0.25) is 4.79 Å². The predicted octanol–water partition coefficient (Wildman–Crippen LogP) is 1.23. The molecule has 0 fully saturated rings. The van der Waals surface area contributed by atoms with Gasteiger partial charge in [0.25, 0.3) is 5.91 Å². The van der Waals surface area contributed by atoms with E-state index >= 15 is 0 Å². The fourth-order valence-corrected chi connectivity index (χ4v) is 2.10. The summed E-state index contributed by atoms with van der Waals surface area (Å²) in [7, 11) is 1.58. The lowest BCUT2D eigenvalue weighted by Crippen LogP contribution is -2.41. The molecule has 0 spiro atoms. The minimum absolute atomic E-state index is 0.183. The summed E-state index contributed by atoms with van der Waals surface area (Å²) in [5, 5.41) is 12.8. The maximum Gasteiger partial charge on any atom is 0.251 e. The van der Waals surface area contributed by atoms with Crippen LogP contribution >= 0.6 is 0 Å². The Labute approximate surface area is 118 Å². The van der Waals surface area contributed by atoms with Gasteiger partial charge in [0.05, 0.1) is 18.8 Å². The molecule has 5 nitrogen and oxygen atoms in total. The zero-order valence-corrected chi connectivity index (χ0v) is 11.9. The smallest absolute Gasteiger partial charge is 0.251 e. The van der Waals surface area contributed by atoms with Crippen molar-refractivity contribution in [2.24, 2.45) is 0 Å². The lowest BCUT2D eigenvalue weighted by atomic mass is 10.0. The molecular formula is C15H21NO4. The minimum atomic E-state index is -0.967. The lowest BCUT2D eigenvalue weighted by Gasteiger charge is -2.23. The molecule has 1 unspecified atom stereocenters. The van der Waals surface area contributed by atoms with Crippen LogP contribution in [0.4, 0.5) is 0 Å². The van der Waals surface area contributed by atoms with Gasteiger partial charge in [0, 0.05) is 32.2 Å². The highest BCUT2D eigenvalue weighted by molar-refractivity contribution is 5.94. The molecule has 2 N–H and O–H groups in total. The van der Waals surface area contributed by atoms with Crippen molar-refractivity contribution in [1.82, 2.24) is 5.32 Å². The number of methoxy groups -OCH3 is 1. The van der Waals surface area contributed by atoms with Crippen LogP contribution in [-0.2, 0) is 22.7 Å². The first-order valence-electron chi connectivity index (χ1n) is 6.71. The van der Waals surface area contributed by atoms with E-state index in [1.54, 1.807) is 20.1 Å². The zero-order valence-electron chi connectivity index (χ0n) is 11.9. The van der Waals surface area contributed by atoms with E-state index in [1.807, 2.05) is 12.1 Å². The van der Waals surface area contributed by atoms with E-state index in [2.05, 4.69) is 5.32 Å². The summed E-state index contributed by atoms with van der Waals surface area (Å²) in [5.41, 5.74) is 1.82. The van der Waals surface area contributed by atoms with Crippen molar-refractivity contribution < 1.29 is 19.4 Å². The molecule has 0 bridgehead atoms. The number of fused-ring (bicyclic) bond motifs is 1. The van der Waals surface area contributed by atoms with Gasteiger partial charge in [-0.25, -0.2) is 0 Å². The van der Waals surface area contributed by atoms with E-state index < -0.39 is 5.60 Å². The van der Waals surface area contributed by atoms with Crippen molar-refractivity contribution in [3.05, 3.63) is 34.9 Å². The van der Waals surface area contributed by atoms with Crippen LogP contribution in [-0.4, -0.2) is 36.9 Å². The maximum absolute atomic E-state index is 12.1. The number of rotatable bonds is 6. The van der Waals surface area contributed by atoms with Gasteiger partial charge < -0.3 is 19.9 Å². The average molecular weight is 279 g/mol. The molecular weight excluding hydrogens is 258 g/mol. The Morgan fingerprint density at radius 1 is 1.45 bits per heavy atom. The highest BCUT2D eigenvalue weighted by Gasteiger charge is 2.21. The van der Waals surface area contributed by atoms with Gasteiger partial charge in [-0.1, -0.05) is 6.07 Å². The summed E-state index contributed by atoms with van der Waals surface area (Å²) in [4.78, 5) is 12.1. The van der Waals surface area contributed by atoms with Crippen LogP contribution in [0.15, 0.2) is 18.2 Å². The molecule has 2 rings (SSSR count). The summed E-state index contributed by atoms with van der Waals surface area (Å²) in [6.45, 7) is 3.51. The molecule has 20 heavy (non-hydrogen) atoms. The number of nitrogens with one attached hydrogen (secondary N) is 1. The van der Waals surface area contributed by atoms with Crippen LogP contribution in [0, 0.1) is 0 Å². The molecule has 1 aliphatic rings. The van der Waals surface area contributed by atoms with Crippen molar-refractivity contribution in [3.63, 3.8) is 0 Å². The number of amides is 1. The first kappa shape index (κ1) is 15.0. The van der Waals surface area contributed by atoms with Gasteiger partial charge in [-0.2, -0.15) is 0 Å². The Bertz CT molecular complexity index is 485. The fourth-order valence-electron chi connectivity index (χ4n) is 2.10. The Hall–Kier alpha value is -1.43. The largest absolute Gasteiger partial charge is 0.388 e. The summed E-state index contributed by atoms with van der Waals surface area (Å²) in [5.74, 6) is -0.183. The van der Waals surface area contributed by atoms with Crippen LogP contribution in [0.25, 0.3) is 0 Å². The van der Waals surface area contributed by atoms with Crippen LogP contribution in [0.1, 0.15) is 34.8 Å². The van der Waals surface area contributed by atoms with Crippen LogP contribution in [0.3, 0.4) is 0 Å². The Balaban J connectivity index is 1.92. The quantitative estimate of drug-likeness (QED) is 0.822. The van der Waals surface area contributed by atoms with Crippen molar-refractivity contribution in [1.29, 1.82) is 0 Å². The van der Waals surface area contributed by atoms with Crippen molar-refractivity contribution >= 4 is 5.91 Å². The molecule has 1 heterocycles. The highest BCUT2D eigenvalue weighted by atomic mass is 16.5. The number of aliphatic hydroxyl groups is 1. The number of hydrogen-bond acceptors (Lipinski definition) is 4. The first-order valence-corrected chi connectivity index (χ1v) is 6.71. The van der Waals surface area contributed by atoms with Gasteiger partial charge in [-0.05, 0) is 30.2 Å². The Morgan fingerprint density at radius 3 is 2.95 bits per heavy atom. The van der Waals surface area contributed by atoms with Gasteiger partial charge in [-0.15, -0.1) is 0 Å². The molecule has 1 aromatic carbocycles. The van der Waals surface area contributed by atoms with Crippen LogP contribution < -0.4 is 5.32 Å². The van der Waals surface area contributed by atoms with Gasteiger partial charge in [0.1, 0.15) is 0 Å². The molecule has 1 aromatic rings. The molecule has 1 atom stereocenters.